The van der Waals surface area contributed by atoms with E-state index in [-0.39, 0.29) is 36.0 Å². The Kier molecular flexibility index (Phi) is 7.31. The third-order valence-corrected chi connectivity index (χ3v) is 3.60. The summed E-state index contributed by atoms with van der Waals surface area (Å²) in [6.07, 6.45) is 0. The Labute approximate surface area is 164 Å². The Hall–Kier alpha value is -3.87. The fourth-order valence-electron chi connectivity index (χ4n) is 2.24. The predicted molar refractivity (Wildman–Crippen MR) is 98.2 cm³/mol. The van der Waals surface area contributed by atoms with Crippen LogP contribution >= 0.6 is 0 Å². The van der Waals surface area contributed by atoms with Crippen LogP contribution < -0.4 is 19.5 Å². The summed E-state index contributed by atoms with van der Waals surface area (Å²) in [4.78, 5) is 22.8. The van der Waals surface area contributed by atoms with Crippen molar-refractivity contribution >= 4 is 11.6 Å². The number of carbonyl (C=O) groups excluding carboxylic acids is 1. The number of nitrogens with zero attached hydrogens (tertiary/aromatic N) is 1. The van der Waals surface area contributed by atoms with E-state index in [1.54, 1.807) is 0 Å². The quantitative estimate of drug-likeness (QED) is 0.431. The van der Waals surface area contributed by atoms with Crippen molar-refractivity contribution in [2.75, 3.05) is 27.4 Å². The van der Waals surface area contributed by atoms with Gasteiger partial charge in [0.2, 0.25) is 0 Å². The Bertz CT molecular complexity index is 985. The molecule has 8 nitrogen and oxygen atoms in total. The molecular weight excluding hydrogens is 390 g/mol. The van der Waals surface area contributed by atoms with E-state index in [4.69, 9.17) is 14.2 Å². The predicted octanol–water partition coefficient (Wildman–Crippen LogP) is 2.70. The van der Waals surface area contributed by atoms with Crippen molar-refractivity contribution in [3.05, 3.63) is 57.6 Å². The number of amides is 1. The lowest BCUT2D eigenvalue weighted by Gasteiger charge is -2.10. The first kappa shape index (κ1) is 21.4. The summed E-state index contributed by atoms with van der Waals surface area (Å²) in [7, 11) is 2.65. The van der Waals surface area contributed by atoms with Crippen LogP contribution in [0.3, 0.4) is 0 Å². The van der Waals surface area contributed by atoms with Gasteiger partial charge < -0.3 is 19.5 Å². The van der Waals surface area contributed by atoms with Gasteiger partial charge in [0.1, 0.15) is 18.0 Å². The minimum absolute atomic E-state index is 0.112. The summed E-state index contributed by atoms with van der Waals surface area (Å²) < 4.78 is 41.3. The number of hydrogen-bond acceptors (Lipinski definition) is 6. The maximum atomic E-state index is 13.4. The highest BCUT2D eigenvalue weighted by atomic mass is 19.1. The molecule has 0 spiro atoms. The van der Waals surface area contributed by atoms with Crippen LogP contribution in [0.1, 0.15) is 10.4 Å². The highest BCUT2D eigenvalue weighted by Crippen LogP contribution is 2.34. The van der Waals surface area contributed by atoms with E-state index in [2.05, 4.69) is 17.2 Å². The van der Waals surface area contributed by atoms with Gasteiger partial charge in [-0.25, -0.2) is 8.78 Å². The Morgan fingerprint density at radius 1 is 1.10 bits per heavy atom. The van der Waals surface area contributed by atoms with Crippen molar-refractivity contribution in [2.45, 2.75) is 0 Å². The molecule has 0 saturated heterocycles. The average Bonchev–Trinajstić information content (AvgIpc) is 2.70. The van der Waals surface area contributed by atoms with Crippen LogP contribution in [-0.2, 0) is 0 Å². The third-order valence-electron chi connectivity index (χ3n) is 3.60. The van der Waals surface area contributed by atoms with Crippen molar-refractivity contribution in [2.24, 2.45) is 0 Å². The van der Waals surface area contributed by atoms with Gasteiger partial charge in [0.25, 0.3) is 11.6 Å². The number of rotatable bonds is 7. The van der Waals surface area contributed by atoms with Crippen LogP contribution in [0.4, 0.5) is 14.5 Å². The number of carbonyl (C=O) groups is 1. The van der Waals surface area contributed by atoms with Crippen molar-refractivity contribution in [3.8, 4) is 29.1 Å². The van der Waals surface area contributed by atoms with Gasteiger partial charge in [-0.05, 0) is 12.1 Å². The van der Waals surface area contributed by atoms with Crippen molar-refractivity contribution in [1.29, 1.82) is 0 Å². The molecule has 0 bridgehead atoms. The molecule has 0 aliphatic rings. The van der Waals surface area contributed by atoms with E-state index >= 15 is 0 Å². The van der Waals surface area contributed by atoms with E-state index in [1.165, 1.54) is 20.3 Å². The smallest absolute Gasteiger partial charge is 0.286 e. The van der Waals surface area contributed by atoms with Crippen molar-refractivity contribution in [3.63, 3.8) is 0 Å². The zero-order chi connectivity index (χ0) is 21.4. The SMILES string of the molecule is COc1cc(C(=O)NCC#CCOc2ccc(F)cc2F)c([N+](=O)[O-])cc1OC. The third kappa shape index (κ3) is 5.55. The molecule has 1 amide bonds. The van der Waals surface area contributed by atoms with Crippen LogP contribution in [-0.4, -0.2) is 38.2 Å². The Morgan fingerprint density at radius 3 is 2.41 bits per heavy atom. The minimum Gasteiger partial charge on any atom is -0.493 e. The van der Waals surface area contributed by atoms with Crippen molar-refractivity contribution < 1.29 is 32.7 Å². The van der Waals surface area contributed by atoms with Crippen molar-refractivity contribution in [1.82, 2.24) is 5.32 Å². The van der Waals surface area contributed by atoms with Crippen LogP contribution in [0.15, 0.2) is 30.3 Å². The molecule has 29 heavy (non-hydrogen) atoms. The molecule has 152 valence electrons. The fourth-order valence-corrected chi connectivity index (χ4v) is 2.24. The fraction of sp³-hybridized carbons (Fsp3) is 0.211. The van der Waals surface area contributed by atoms with E-state index in [0.29, 0.717) is 6.07 Å². The Morgan fingerprint density at radius 2 is 1.79 bits per heavy atom. The van der Waals surface area contributed by atoms with E-state index < -0.39 is 28.2 Å². The molecule has 1 N–H and O–H groups in total. The number of nitro groups is 1. The highest BCUT2D eigenvalue weighted by molar-refractivity contribution is 5.99. The van der Waals surface area contributed by atoms with Crippen LogP contribution in [0, 0.1) is 33.6 Å². The second-order valence-corrected chi connectivity index (χ2v) is 5.38. The lowest BCUT2D eigenvalue weighted by Crippen LogP contribution is -2.24. The highest BCUT2D eigenvalue weighted by Gasteiger charge is 2.24. The zero-order valence-electron chi connectivity index (χ0n) is 15.5. The standard InChI is InChI=1S/C19H16F2N2O6/c1-27-17-10-13(15(23(25)26)11-18(17)28-2)19(24)22-7-3-4-8-29-16-6-5-12(20)9-14(16)21/h5-6,9-11H,7-8H2,1-2H3,(H,22,24). The summed E-state index contributed by atoms with van der Waals surface area (Å²) in [6, 6.07) is 5.14. The number of ether oxygens (including phenoxy) is 3. The van der Waals surface area contributed by atoms with Gasteiger partial charge in [-0.3, -0.25) is 14.9 Å². The molecule has 2 rings (SSSR count). The zero-order valence-corrected chi connectivity index (χ0v) is 15.5. The number of methoxy groups -OCH3 is 2. The summed E-state index contributed by atoms with van der Waals surface area (Å²) >= 11 is 0. The van der Waals surface area contributed by atoms with Gasteiger partial charge in [0, 0.05) is 12.1 Å². The van der Waals surface area contributed by atoms with Crippen LogP contribution in [0.25, 0.3) is 0 Å². The molecule has 0 saturated carbocycles. The molecule has 0 heterocycles. The number of nitrogens with one attached hydrogen (secondary N) is 1. The molecule has 0 aliphatic carbocycles. The van der Waals surface area contributed by atoms with Gasteiger partial charge in [-0.15, -0.1) is 0 Å². The van der Waals surface area contributed by atoms with Crippen LogP contribution in [0.2, 0.25) is 0 Å². The molecule has 0 fully saturated rings. The largest absolute Gasteiger partial charge is 0.493 e. The first-order valence-electron chi connectivity index (χ1n) is 8.09. The average molecular weight is 406 g/mol. The van der Waals surface area contributed by atoms with E-state index in [9.17, 15) is 23.7 Å². The molecule has 0 aromatic heterocycles. The molecule has 0 atom stereocenters. The maximum absolute atomic E-state index is 13.4. The van der Waals surface area contributed by atoms with Crippen LogP contribution in [0.5, 0.6) is 17.2 Å². The van der Waals surface area contributed by atoms with Gasteiger partial charge in [-0.1, -0.05) is 11.8 Å². The number of nitro benzene ring substituents is 1. The summed E-state index contributed by atoms with van der Waals surface area (Å²) in [5.74, 6) is 2.87. The van der Waals surface area contributed by atoms with Gasteiger partial charge >= 0.3 is 0 Å². The lowest BCUT2D eigenvalue weighted by molar-refractivity contribution is -0.385. The molecule has 2 aromatic carbocycles. The van der Waals surface area contributed by atoms with E-state index in [1.807, 2.05) is 0 Å². The maximum Gasteiger partial charge on any atom is 0.286 e. The van der Waals surface area contributed by atoms with Gasteiger partial charge in [0.15, 0.2) is 23.1 Å². The molecule has 10 heteroatoms. The first-order chi connectivity index (χ1) is 13.9. The molecule has 0 aliphatic heterocycles. The Balaban J connectivity index is 1.99. The van der Waals surface area contributed by atoms with Gasteiger partial charge in [-0.2, -0.15) is 0 Å². The second kappa shape index (κ2) is 9.89. The minimum atomic E-state index is -0.860. The molecule has 0 unspecified atom stereocenters. The summed E-state index contributed by atoms with van der Waals surface area (Å²) in [5.41, 5.74) is -0.678. The lowest BCUT2D eigenvalue weighted by atomic mass is 10.1. The monoisotopic (exact) mass is 406 g/mol. The number of benzene rings is 2. The topological polar surface area (TPSA) is 99.9 Å². The molecular formula is C19H16F2N2O6. The van der Waals surface area contributed by atoms with Gasteiger partial charge in [0.05, 0.1) is 31.8 Å². The normalized spacial score (nSPS) is 9.79. The number of halogens is 2. The summed E-state index contributed by atoms with van der Waals surface area (Å²) in [6.45, 7) is -0.339. The summed E-state index contributed by atoms with van der Waals surface area (Å²) in [5, 5.41) is 13.6. The first-order valence-corrected chi connectivity index (χ1v) is 8.09. The number of hydrogen-bond donors (Lipinski definition) is 1. The van der Waals surface area contributed by atoms with E-state index in [0.717, 1.165) is 18.2 Å². The molecule has 0 radical (unpaired) electrons. The second-order valence-electron chi connectivity index (χ2n) is 5.38. The molecule has 2 aromatic rings.